The molecule has 0 unspecified atom stereocenters. The Bertz CT molecular complexity index is 350. The van der Waals surface area contributed by atoms with Crippen LogP contribution in [0, 0.1) is 5.92 Å². The predicted molar refractivity (Wildman–Crippen MR) is 72.9 cm³/mol. The number of benzene rings is 1. The van der Waals surface area contributed by atoms with Crippen LogP contribution in [0.15, 0.2) is 22.7 Å². The minimum absolute atomic E-state index is 0.432. The molecule has 0 radical (unpaired) electrons. The predicted octanol–water partition coefficient (Wildman–Crippen LogP) is 3.59. The molecule has 1 rings (SSSR count). The summed E-state index contributed by atoms with van der Waals surface area (Å²) in [6, 6.07) is 6.08. The highest BCUT2D eigenvalue weighted by Gasteiger charge is 2.09. The van der Waals surface area contributed by atoms with Gasteiger partial charge < -0.3 is 10.0 Å². The Labute approximate surface area is 106 Å². The van der Waals surface area contributed by atoms with E-state index >= 15 is 0 Å². The number of aliphatic hydroxyl groups excluding tert-OH is 1. The molecule has 1 aromatic carbocycles. The lowest BCUT2D eigenvalue weighted by molar-refractivity contribution is 0.198. The summed E-state index contributed by atoms with van der Waals surface area (Å²) in [6.45, 7) is 7.21. The van der Waals surface area contributed by atoms with Crippen LogP contribution < -0.4 is 4.90 Å². The number of hydrogen-bond donors (Lipinski definition) is 1. The molecule has 2 nitrogen and oxygen atoms in total. The summed E-state index contributed by atoms with van der Waals surface area (Å²) in [6.07, 6.45) is -0.432. The van der Waals surface area contributed by atoms with Crippen molar-refractivity contribution in [1.82, 2.24) is 0 Å². The van der Waals surface area contributed by atoms with E-state index in [1.54, 1.807) is 6.92 Å². The van der Waals surface area contributed by atoms with Crippen LogP contribution in [0.3, 0.4) is 0 Å². The molecule has 90 valence electrons. The maximum atomic E-state index is 9.54. The molecule has 0 aliphatic carbocycles. The van der Waals surface area contributed by atoms with Crippen molar-refractivity contribution in [1.29, 1.82) is 0 Å². The van der Waals surface area contributed by atoms with E-state index in [2.05, 4.69) is 53.9 Å². The molecule has 16 heavy (non-hydrogen) atoms. The topological polar surface area (TPSA) is 23.5 Å². The first-order valence-corrected chi connectivity index (χ1v) is 6.39. The van der Waals surface area contributed by atoms with Crippen LogP contribution in [0.25, 0.3) is 0 Å². The lowest BCUT2D eigenvalue weighted by Crippen LogP contribution is -2.22. The smallest absolute Gasteiger partial charge is 0.0772 e. The molecule has 0 aliphatic rings. The molecular formula is C13H20BrNO. The van der Waals surface area contributed by atoms with Gasteiger partial charge in [-0.25, -0.2) is 0 Å². The first kappa shape index (κ1) is 13.5. The summed E-state index contributed by atoms with van der Waals surface area (Å²) < 4.78 is 0.968. The van der Waals surface area contributed by atoms with Gasteiger partial charge in [0.2, 0.25) is 0 Å². The minimum atomic E-state index is -0.432. The van der Waals surface area contributed by atoms with Crippen molar-refractivity contribution >= 4 is 21.6 Å². The van der Waals surface area contributed by atoms with Gasteiger partial charge in [0, 0.05) is 23.8 Å². The number of rotatable bonds is 4. The average molecular weight is 286 g/mol. The third kappa shape index (κ3) is 3.49. The zero-order valence-corrected chi connectivity index (χ0v) is 12.0. The van der Waals surface area contributed by atoms with Gasteiger partial charge in [0.1, 0.15) is 0 Å². The van der Waals surface area contributed by atoms with Gasteiger partial charge >= 0.3 is 0 Å². The minimum Gasteiger partial charge on any atom is -0.389 e. The second-order valence-corrected chi connectivity index (χ2v) is 5.51. The lowest BCUT2D eigenvalue weighted by atomic mass is 10.1. The molecule has 1 N–H and O–H groups in total. The average Bonchev–Trinajstić information content (AvgIpc) is 2.15. The summed E-state index contributed by atoms with van der Waals surface area (Å²) in [5, 5.41) is 9.54. The van der Waals surface area contributed by atoms with E-state index in [4.69, 9.17) is 0 Å². The van der Waals surface area contributed by atoms with Crippen LogP contribution in [0.4, 0.5) is 5.69 Å². The standard InChI is InChI=1S/C13H20BrNO/c1-9(2)8-15(4)11-5-6-12(10(3)16)13(14)7-11/h5-7,9-10,16H,8H2,1-4H3/t10-/m1/s1. The quantitative estimate of drug-likeness (QED) is 0.914. The summed E-state index contributed by atoms with van der Waals surface area (Å²) in [5.41, 5.74) is 2.10. The molecule has 1 aromatic rings. The molecule has 0 saturated carbocycles. The molecule has 0 aliphatic heterocycles. The molecule has 0 fully saturated rings. The highest BCUT2D eigenvalue weighted by Crippen LogP contribution is 2.28. The van der Waals surface area contributed by atoms with Crippen LogP contribution in [-0.4, -0.2) is 18.7 Å². The van der Waals surface area contributed by atoms with E-state index in [9.17, 15) is 5.11 Å². The number of hydrogen-bond acceptors (Lipinski definition) is 2. The van der Waals surface area contributed by atoms with Crippen molar-refractivity contribution in [3.8, 4) is 0 Å². The Kier molecular flexibility index (Phi) is 4.81. The van der Waals surface area contributed by atoms with Gasteiger partial charge in [-0.15, -0.1) is 0 Å². The van der Waals surface area contributed by atoms with Crippen LogP contribution >= 0.6 is 15.9 Å². The third-order valence-corrected chi connectivity index (χ3v) is 3.20. The van der Waals surface area contributed by atoms with Crippen molar-refractivity contribution in [2.24, 2.45) is 5.92 Å². The SMILES string of the molecule is CC(C)CN(C)c1ccc([C@@H](C)O)c(Br)c1. The molecular weight excluding hydrogens is 266 g/mol. The van der Waals surface area contributed by atoms with Gasteiger partial charge in [0.15, 0.2) is 0 Å². The number of aliphatic hydroxyl groups is 1. The lowest BCUT2D eigenvalue weighted by Gasteiger charge is -2.22. The summed E-state index contributed by atoms with van der Waals surface area (Å²) >= 11 is 3.50. The van der Waals surface area contributed by atoms with E-state index in [1.807, 2.05) is 6.07 Å². The van der Waals surface area contributed by atoms with E-state index in [1.165, 1.54) is 5.69 Å². The highest BCUT2D eigenvalue weighted by atomic mass is 79.9. The molecule has 0 spiro atoms. The van der Waals surface area contributed by atoms with Crippen LogP contribution in [0.2, 0.25) is 0 Å². The van der Waals surface area contributed by atoms with E-state index in [0.717, 1.165) is 16.6 Å². The number of nitrogens with zero attached hydrogens (tertiary/aromatic N) is 1. The van der Waals surface area contributed by atoms with Gasteiger partial charge in [-0.1, -0.05) is 35.8 Å². The van der Waals surface area contributed by atoms with Crippen molar-refractivity contribution < 1.29 is 5.11 Å². The largest absolute Gasteiger partial charge is 0.389 e. The van der Waals surface area contributed by atoms with Gasteiger partial charge in [-0.3, -0.25) is 0 Å². The Hall–Kier alpha value is -0.540. The molecule has 0 aromatic heterocycles. The summed E-state index contributed by atoms with van der Waals surface area (Å²) in [4.78, 5) is 2.22. The zero-order chi connectivity index (χ0) is 12.3. The highest BCUT2D eigenvalue weighted by molar-refractivity contribution is 9.10. The maximum Gasteiger partial charge on any atom is 0.0772 e. The second-order valence-electron chi connectivity index (χ2n) is 4.66. The van der Waals surface area contributed by atoms with Gasteiger partial charge in [-0.05, 0) is 30.5 Å². The Morgan fingerprint density at radius 2 is 1.94 bits per heavy atom. The van der Waals surface area contributed by atoms with E-state index in [-0.39, 0.29) is 0 Å². The Morgan fingerprint density at radius 1 is 1.31 bits per heavy atom. The van der Waals surface area contributed by atoms with Crippen molar-refractivity contribution in [2.75, 3.05) is 18.5 Å². The Morgan fingerprint density at radius 3 is 2.38 bits per heavy atom. The molecule has 0 saturated heterocycles. The van der Waals surface area contributed by atoms with Crippen molar-refractivity contribution in [3.05, 3.63) is 28.2 Å². The molecule has 0 amide bonds. The molecule has 0 heterocycles. The third-order valence-electron chi connectivity index (χ3n) is 2.51. The zero-order valence-electron chi connectivity index (χ0n) is 10.4. The van der Waals surface area contributed by atoms with Crippen molar-refractivity contribution in [2.45, 2.75) is 26.9 Å². The fraction of sp³-hybridized carbons (Fsp3) is 0.538. The second kappa shape index (κ2) is 5.69. The molecule has 1 atom stereocenters. The first-order valence-electron chi connectivity index (χ1n) is 5.60. The fourth-order valence-electron chi connectivity index (χ4n) is 1.75. The van der Waals surface area contributed by atoms with E-state index < -0.39 is 6.10 Å². The maximum absolute atomic E-state index is 9.54. The fourth-order valence-corrected chi connectivity index (χ4v) is 2.44. The van der Waals surface area contributed by atoms with Crippen LogP contribution in [0.1, 0.15) is 32.4 Å². The van der Waals surface area contributed by atoms with Crippen molar-refractivity contribution in [3.63, 3.8) is 0 Å². The normalized spacial score (nSPS) is 12.9. The van der Waals surface area contributed by atoms with Gasteiger partial charge in [0.05, 0.1) is 6.10 Å². The molecule has 0 bridgehead atoms. The van der Waals surface area contributed by atoms with E-state index in [0.29, 0.717) is 5.92 Å². The van der Waals surface area contributed by atoms with Gasteiger partial charge in [-0.2, -0.15) is 0 Å². The van der Waals surface area contributed by atoms with Gasteiger partial charge in [0.25, 0.3) is 0 Å². The first-order chi connectivity index (χ1) is 7.41. The van der Waals surface area contributed by atoms with Crippen LogP contribution in [0.5, 0.6) is 0 Å². The number of halogens is 1. The number of anilines is 1. The Balaban J connectivity index is 2.88. The summed E-state index contributed by atoms with van der Waals surface area (Å²) in [7, 11) is 2.09. The monoisotopic (exact) mass is 285 g/mol. The van der Waals surface area contributed by atoms with Crippen LogP contribution in [-0.2, 0) is 0 Å². The molecule has 3 heteroatoms. The summed E-state index contributed by atoms with van der Waals surface area (Å²) in [5.74, 6) is 0.639.